The summed E-state index contributed by atoms with van der Waals surface area (Å²) in [5.74, 6) is 0. The minimum atomic E-state index is -0.495. The fourth-order valence-electron chi connectivity index (χ4n) is 0.0586. The highest BCUT2D eigenvalue weighted by Crippen LogP contribution is 1.82. The molecule has 0 aromatic carbocycles. The van der Waals surface area contributed by atoms with Crippen LogP contribution in [0, 0.1) is 0 Å². The third-order valence-electron chi connectivity index (χ3n) is 0.206. The Morgan fingerprint density at radius 3 is 2.33 bits per heavy atom. The van der Waals surface area contributed by atoms with Gasteiger partial charge in [-0.25, -0.2) is 0 Å². The highest BCUT2D eigenvalue weighted by molar-refractivity contribution is 7.83. The van der Waals surface area contributed by atoms with E-state index in [1.807, 2.05) is 0 Å². The largest absolute Gasteiger partial charge is 0.276 e. The SMILES string of the molecule is O=C(Cl)C=CS. The van der Waals surface area contributed by atoms with Gasteiger partial charge in [-0.1, -0.05) is 0 Å². The molecule has 1 nitrogen and oxygen atoms in total. The summed E-state index contributed by atoms with van der Waals surface area (Å²) in [6.45, 7) is 0. The van der Waals surface area contributed by atoms with Crippen molar-refractivity contribution >= 4 is 29.5 Å². The van der Waals surface area contributed by atoms with Crippen LogP contribution >= 0.6 is 24.2 Å². The number of rotatable bonds is 1. The molecule has 0 heterocycles. The molecule has 0 radical (unpaired) electrons. The first-order valence-electron chi connectivity index (χ1n) is 1.27. The quantitative estimate of drug-likeness (QED) is 0.314. The molecule has 3 heteroatoms. The first-order chi connectivity index (χ1) is 2.77. The smallest absolute Gasteiger partial charge is 0.245 e. The van der Waals surface area contributed by atoms with Crippen LogP contribution in [-0.4, -0.2) is 5.24 Å². The highest BCUT2D eigenvalue weighted by atomic mass is 35.5. The molecule has 0 fully saturated rings. The molecule has 0 aliphatic carbocycles. The maximum Gasteiger partial charge on any atom is 0.245 e. The van der Waals surface area contributed by atoms with Crippen LogP contribution in [0.1, 0.15) is 0 Å². The van der Waals surface area contributed by atoms with Crippen LogP contribution in [0.3, 0.4) is 0 Å². The van der Waals surface area contributed by atoms with E-state index in [0.29, 0.717) is 0 Å². The fourth-order valence-corrected chi connectivity index (χ4v) is 0.345. The summed E-state index contributed by atoms with van der Waals surface area (Å²) in [4.78, 5) is 9.67. The second-order valence-corrected chi connectivity index (χ2v) is 1.29. The summed E-state index contributed by atoms with van der Waals surface area (Å²) in [6.07, 6.45) is 1.16. The maximum atomic E-state index is 9.67. The number of hydrogen-bond acceptors (Lipinski definition) is 2. The van der Waals surface area contributed by atoms with Crippen LogP contribution in [0.5, 0.6) is 0 Å². The van der Waals surface area contributed by atoms with Gasteiger partial charge in [-0.2, -0.15) is 12.6 Å². The van der Waals surface area contributed by atoms with Crippen LogP contribution in [-0.2, 0) is 4.79 Å². The third kappa shape index (κ3) is 4.05. The molecule has 6 heavy (non-hydrogen) atoms. The van der Waals surface area contributed by atoms with Crippen molar-refractivity contribution in [3.8, 4) is 0 Å². The highest BCUT2D eigenvalue weighted by Gasteiger charge is 1.77. The average Bonchev–Trinajstić information content (AvgIpc) is 1.35. The van der Waals surface area contributed by atoms with Gasteiger partial charge < -0.3 is 0 Å². The van der Waals surface area contributed by atoms with Gasteiger partial charge in [0.25, 0.3) is 0 Å². The van der Waals surface area contributed by atoms with Crippen molar-refractivity contribution in [3.05, 3.63) is 11.5 Å². The first-order valence-corrected chi connectivity index (χ1v) is 2.17. The van der Waals surface area contributed by atoms with Crippen molar-refractivity contribution < 1.29 is 4.79 Å². The van der Waals surface area contributed by atoms with E-state index in [1.165, 1.54) is 5.41 Å². The zero-order valence-corrected chi connectivity index (χ0v) is 4.54. The van der Waals surface area contributed by atoms with E-state index in [4.69, 9.17) is 11.6 Å². The van der Waals surface area contributed by atoms with E-state index in [9.17, 15) is 4.79 Å². The molecule has 0 atom stereocenters. The summed E-state index contributed by atoms with van der Waals surface area (Å²) < 4.78 is 0. The van der Waals surface area contributed by atoms with Crippen LogP contribution < -0.4 is 0 Å². The fraction of sp³-hybridized carbons (Fsp3) is 0. The molecule has 0 saturated heterocycles. The van der Waals surface area contributed by atoms with Gasteiger partial charge in [0.15, 0.2) is 0 Å². The van der Waals surface area contributed by atoms with E-state index in [0.717, 1.165) is 6.08 Å². The molecule has 34 valence electrons. The van der Waals surface area contributed by atoms with E-state index in [1.54, 1.807) is 0 Å². The molecule has 0 aliphatic heterocycles. The Hall–Kier alpha value is 0.0500. The van der Waals surface area contributed by atoms with Gasteiger partial charge in [0.1, 0.15) is 0 Å². The predicted octanol–water partition coefficient (Wildman–Crippen LogP) is 1.20. The van der Waals surface area contributed by atoms with Gasteiger partial charge in [0.2, 0.25) is 5.24 Å². The summed E-state index contributed by atoms with van der Waals surface area (Å²) in [7, 11) is 0. The zero-order valence-electron chi connectivity index (χ0n) is 2.89. The minimum absolute atomic E-state index is 0.495. The van der Waals surface area contributed by atoms with Crippen LogP contribution in [0.25, 0.3) is 0 Å². The number of hydrogen-bond donors (Lipinski definition) is 1. The van der Waals surface area contributed by atoms with Gasteiger partial charge in [0.05, 0.1) is 0 Å². The van der Waals surface area contributed by atoms with Gasteiger partial charge in [-0.3, -0.25) is 4.79 Å². The van der Waals surface area contributed by atoms with Crippen LogP contribution in [0.4, 0.5) is 0 Å². The molecule has 0 N–H and O–H groups in total. The molecular formula is C3H3ClOS. The van der Waals surface area contributed by atoms with E-state index in [2.05, 4.69) is 12.6 Å². The normalized spacial score (nSPS) is 9.67. The molecule has 0 amide bonds. The summed E-state index contributed by atoms with van der Waals surface area (Å²) in [6, 6.07) is 0. The lowest BCUT2D eigenvalue weighted by Gasteiger charge is -1.64. The number of thiol groups is 1. The second kappa shape index (κ2) is 3.25. The number of carbonyl (C=O) groups is 1. The van der Waals surface area contributed by atoms with E-state index < -0.39 is 5.24 Å². The van der Waals surface area contributed by atoms with Gasteiger partial charge in [-0.15, -0.1) is 0 Å². The maximum absolute atomic E-state index is 9.67. The third-order valence-corrected chi connectivity index (χ3v) is 0.481. The molecule has 0 rings (SSSR count). The Balaban J connectivity index is 3.30. The van der Waals surface area contributed by atoms with Crippen molar-refractivity contribution in [2.75, 3.05) is 0 Å². The molecular weight excluding hydrogens is 120 g/mol. The molecule has 0 saturated carbocycles. The Bertz CT molecular complexity index is 78.9. The Morgan fingerprint density at radius 2 is 2.33 bits per heavy atom. The summed E-state index contributed by atoms with van der Waals surface area (Å²) in [5.41, 5.74) is 0. The second-order valence-electron chi connectivity index (χ2n) is 0.620. The monoisotopic (exact) mass is 122 g/mol. The van der Waals surface area contributed by atoms with Crippen LogP contribution in [0.15, 0.2) is 11.5 Å². The van der Waals surface area contributed by atoms with Crippen molar-refractivity contribution in [1.82, 2.24) is 0 Å². The van der Waals surface area contributed by atoms with E-state index in [-0.39, 0.29) is 0 Å². The molecule has 0 aliphatic rings. The van der Waals surface area contributed by atoms with E-state index >= 15 is 0 Å². The predicted molar refractivity (Wildman–Crippen MR) is 29.0 cm³/mol. The standard InChI is InChI=1S/C3H3ClOS/c4-3(5)1-2-6/h1-2,6H. The zero-order chi connectivity index (χ0) is 4.99. The lowest BCUT2D eigenvalue weighted by atomic mass is 10.7. The summed E-state index contributed by atoms with van der Waals surface area (Å²) in [5, 5.41) is 0.792. The van der Waals surface area contributed by atoms with Crippen molar-refractivity contribution in [1.29, 1.82) is 0 Å². The Labute approximate surface area is 46.4 Å². The van der Waals surface area contributed by atoms with Crippen molar-refractivity contribution in [2.45, 2.75) is 0 Å². The van der Waals surface area contributed by atoms with Crippen LogP contribution in [0.2, 0.25) is 0 Å². The number of carbonyl (C=O) groups excluding carboxylic acids is 1. The number of halogens is 1. The lowest BCUT2D eigenvalue weighted by molar-refractivity contribution is -0.107. The molecule has 0 aromatic heterocycles. The van der Waals surface area contributed by atoms with Crippen molar-refractivity contribution in [3.63, 3.8) is 0 Å². The molecule has 0 unspecified atom stereocenters. The molecule has 0 aromatic rings. The first kappa shape index (κ1) is 6.05. The minimum Gasteiger partial charge on any atom is -0.276 e. The lowest BCUT2D eigenvalue weighted by Crippen LogP contribution is -1.69. The Kier molecular flexibility index (Phi) is 3.28. The average molecular weight is 123 g/mol. The molecule has 0 spiro atoms. The number of allylic oxidation sites excluding steroid dienone is 1. The Morgan fingerprint density at radius 1 is 1.83 bits per heavy atom. The van der Waals surface area contributed by atoms with Gasteiger partial charge >= 0.3 is 0 Å². The van der Waals surface area contributed by atoms with Gasteiger partial charge in [0, 0.05) is 6.08 Å². The molecule has 0 bridgehead atoms. The van der Waals surface area contributed by atoms with Crippen molar-refractivity contribution in [2.24, 2.45) is 0 Å². The van der Waals surface area contributed by atoms with Gasteiger partial charge in [-0.05, 0) is 17.0 Å². The topological polar surface area (TPSA) is 17.1 Å². The summed E-state index contributed by atoms with van der Waals surface area (Å²) >= 11 is 8.38.